The van der Waals surface area contributed by atoms with Crippen LogP contribution in [0, 0.1) is 16.9 Å². The Morgan fingerprint density at radius 3 is 2.25 bits per heavy atom. The highest BCUT2D eigenvalue weighted by atomic mass is 16.5. The molecule has 0 aromatic carbocycles. The average molecular weight is 114 g/mol. The molecule has 0 aliphatic rings. The topological polar surface area (TPSA) is 73.9 Å². The largest absolute Gasteiger partial charge is 0.428 e. The zero-order valence-corrected chi connectivity index (χ0v) is 4.47. The first-order valence-electron chi connectivity index (χ1n) is 1.88. The van der Waals surface area contributed by atoms with Gasteiger partial charge in [0.25, 0.3) is 6.26 Å². The molecule has 0 atom stereocenters. The number of isocyanates is 1. The predicted molar refractivity (Wildman–Crippen MR) is 25.7 cm³/mol. The van der Waals surface area contributed by atoms with E-state index in [1.807, 2.05) is 0 Å². The van der Waals surface area contributed by atoms with Crippen LogP contribution in [-0.2, 0) is 9.53 Å². The third-order valence-electron chi connectivity index (χ3n) is 0.209. The summed E-state index contributed by atoms with van der Waals surface area (Å²) in [7, 11) is 0. The summed E-state index contributed by atoms with van der Waals surface area (Å²) in [5, 5.41) is 13.0. The highest BCUT2D eigenvalue weighted by Gasteiger charge is 1.60. The Hall–Kier alpha value is -1.33. The first kappa shape index (κ1) is 9.83. The lowest BCUT2D eigenvalue weighted by Gasteiger charge is -1.76. The molecule has 1 N–H and O–H groups in total. The molecule has 4 heteroatoms. The second kappa shape index (κ2) is 17.3. The van der Waals surface area contributed by atoms with Gasteiger partial charge in [0.05, 0.1) is 6.61 Å². The number of rotatable bonds is 1. The zero-order valence-electron chi connectivity index (χ0n) is 4.47. The Morgan fingerprint density at radius 2 is 2.25 bits per heavy atom. The average Bonchev–Trinajstić information content (AvgIpc) is 1.71. The molecule has 0 rings (SSSR count). The number of nitrogens with zero attached hydrogens (tertiary/aromatic N) is 1. The lowest BCUT2D eigenvalue weighted by atomic mass is 10.9. The zero-order chi connectivity index (χ0) is 6.83. The summed E-state index contributed by atoms with van der Waals surface area (Å²) in [5.41, 5.74) is 0. The van der Waals surface area contributed by atoms with E-state index in [0.29, 0.717) is 6.61 Å². The molecule has 0 bridgehead atoms. The quantitative estimate of drug-likeness (QED) is 0.304. The summed E-state index contributed by atoms with van der Waals surface area (Å²) < 4.78 is 4.14. The van der Waals surface area contributed by atoms with Gasteiger partial charge < -0.3 is 4.74 Å². The molecule has 4 nitrogen and oxygen atoms in total. The van der Waals surface area contributed by atoms with Crippen LogP contribution >= 0.6 is 0 Å². The van der Waals surface area contributed by atoms with E-state index < -0.39 is 0 Å². The smallest absolute Gasteiger partial charge is 0.286 e. The van der Waals surface area contributed by atoms with Gasteiger partial charge in [0.2, 0.25) is 6.08 Å². The van der Waals surface area contributed by atoms with E-state index in [2.05, 4.69) is 4.74 Å². The number of ether oxygens (including phenoxy) is 1. The van der Waals surface area contributed by atoms with Crippen LogP contribution in [0.5, 0.6) is 0 Å². The van der Waals surface area contributed by atoms with Crippen molar-refractivity contribution in [3.63, 3.8) is 0 Å². The first-order chi connectivity index (χ1) is 3.83. The van der Waals surface area contributed by atoms with Crippen LogP contribution in [0.3, 0.4) is 0 Å². The Morgan fingerprint density at radius 1 is 1.88 bits per heavy atom. The fourth-order valence-electron chi connectivity index (χ4n) is 0.0645. The third kappa shape index (κ3) is 140. The van der Waals surface area contributed by atoms with Gasteiger partial charge in [-0.05, 0) is 6.92 Å². The standard InChI is InChI=1S/C3H5NO.CHNO/c1-2-5-3-4;2-1-3/h2H2,1H3;2H. The molecule has 0 aliphatic heterocycles. The van der Waals surface area contributed by atoms with Crippen molar-refractivity contribution >= 4 is 6.08 Å². The second-order valence-corrected chi connectivity index (χ2v) is 0.626. The molecule has 44 valence electrons. The molecule has 0 saturated heterocycles. The molecule has 0 heterocycles. The molecule has 0 saturated carbocycles. The van der Waals surface area contributed by atoms with Gasteiger partial charge in [0.15, 0.2) is 0 Å². The number of hydrogen-bond acceptors (Lipinski definition) is 4. The third-order valence-corrected chi connectivity index (χ3v) is 0.209. The first-order valence-corrected chi connectivity index (χ1v) is 1.88. The molecule has 0 aromatic rings. The Kier molecular flexibility index (Phi) is 21.3. The van der Waals surface area contributed by atoms with Crippen LogP contribution in [0.4, 0.5) is 0 Å². The van der Waals surface area contributed by atoms with Crippen LogP contribution in [0.1, 0.15) is 6.92 Å². The SMILES string of the molecule is CCOC#N.N=C=O. The molecular weight excluding hydrogens is 108 g/mol. The summed E-state index contributed by atoms with van der Waals surface area (Å²) in [4.78, 5) is 8.35. The van der Waals surface area contributed by atoms with Gasteiger partial charge in [-0.3, -0.25) is 0 Å². The van der Waals surface area contributed by atoms with Crippen molar-refractivity contribution in [2.75, 3.05) is 6.61 Å². The second-order valence-electron chi connectivity index (χ2n) is 0.626. The summed E-state index contributed by atoms with van der Waals surface area (Å²) in [6, 6.07) is 0. The van der Waals surface area contributed by atoms with Crippen LogP contribution < -0.4 is 0 Å². The lowest BCUT2D eigenvalue weighted by molar-refractivity contribution is 0.291. The van der Waals surface area contributed by atoms with Crippen molar-refractivity contribution in [2.24, 2.45) is 0 Å². The van der Waals surface area contributed by atoms with E-state index >= 15 is 0 Å². The monoisotopic (exact) mass is 114 g/mol. The van der Waals surface area contributed by atoms with E-state index in [-0.39, 0.29) is 0 Å². The van der Waals surface area contributed by atoms with Crippen molar-refractivity contribution in [1.29, 1.82) is 10.7 Å². The van der Waals surface area contributed by atoms with Gasteiger partial charge >= 0.3 is 0 Å². The van der Waals surface area contributed by atoms with Crippen LogP contribution in [-0.4, -0.2) is 12.7 Å². The molecule has 0 fully saturated rings. The highest BCUT2D eigenvalue weighted by molar-refractivity contribution is 5.26. The number of nitriles is 1. The van der Waals surface area contributed by atoms with Gasteiger partial charge in [-0.1, -0.05) is 0 Å². The van der Waals surface area contributed by atoms with Crippen molar-refractivity contribution in [1.82, 2.24) is 0 Å². The normalized spacial score (nSPS) is 4.50. The lowest BCUT2D eigenvalue weighted by Crippen LogP contribution is -1.73. The van der Waals surface area contributed by atoms with E-state index in [0.717, 1.165) is 6.08 Å². The molecule has 0 spiro atoms. The van der Waals surface area contributed by atoms with Crippen molar-refractivity contribution in [3.8, 4) is 6.26 Å². The van der Waals surface area contributed by atoms with E-state index in [1.54, 1.807) is 6.92 Å². The van der Waals surface area contributed by atoms with Gasteiger partial charge in [0, 0.05) is 0 Å². The fraction of sp³-hybridized carbons (Fsp3) is 0.500. The number of nitrogens with one attached hydrogen (secondary N) is 1. The molecule has 0 amide bonds. The maximum Gasteiger partial charge on any atom is 0.286 e. The Labute approximate surface area is 47.2 Å². The fourth-order valence-corrected chi connectivity index (χ4v) is 0.0645. The number of carbonyl (C=O) groups excluding carboxylic acids is 1. The highest BCUT2D eigenvalue weighted by Crippen LogP contribution is 1.58. The maximum absolute atomic E-state index is 8.35. The molecule has 0 aromatic heterocycles. The van der Waals surface area contributed by atoms with Crippen LogP contribution in [0.15, 0.2) is 0 Å². The minimum atomic E-state index is 0.483. The number of hydrogen-bond donors (Lipinski definition) is 1. The van der Waals surface area contributed by atoms with Crippen LogP contribution in [0.2, 0.25) is 0 Å². The van der Waals surface area contributed by atoms with Gasteiger partial charge in [-0.25, -0.2) is 10.2 Å². The van der Waals surface area contributed by atoms with Gasteiger partial charge in [-0.2, -0.15) is 5.26 Å². The van der Waals surface area contributed by atoms with Crippen molar-refractivity contribution in [3.05, 3.63) is 0 Å². The summed E-state index contributed by atoms with van der Waals surface area (Å²) in [5.74, 6) is 0. The molecule has 0 aliphatic carbocycles. The Balaban J connectivity index is 0. The Bertz CT molecular complexity index is 99.1. The van der Waals surface area contributed by atoms with Crippen molar-refractivity contribution in [2.45, 2.75) is 6.92 Å². The minimum absolute atomic E-state index is 0.483. The molecule has 8 heavy (non-hydrogen) atoms. The van der Waals surface area contributed by atoms with Crippen LogP contribution in [0.25, 0.3) is 0 Å². The van der Waals surface area contributed by atoms with Gasteiger partial charge in [0.1, 0.15) is 0 Å². The van der Waals surface area contributed by atoms with E-state index in [4.69, 9.17) is 15.5 Å². The maximum atomic E-state index is 8.35. The molecular formula is C4H6N2O2. The van der Waals surface area contributed by atoms with E-state index in [1.165, 1.54) is 6.26 Å². The van der Waals surface area contributed by atoms with Gasteiger partial charge in [-0.15, -0.1) is 0 Å². The summed E-state index contributed by atoms with van der Waals surface area (Å²) in [6.45, 7) is 2.25. The van der Waals surface area contributed by atoms with Crippen molar-refractivity contribution < 1.29 is 9.53 Å². The summed E-state index contributed by atoms with van der Waals surface area (Å²) in [6.07, 6.45) is 2.27. The molecule has 0 unspecified atom stereocenters. The predicted octanol–water partition coefficient (Wildman–Crippen LogP) is 0.405. The van der Waals surface area contributed by atoms with E-state index in [9.17, 15) is 0 Å². The summed E-state index contributed by atoms with van der Waals surface area (Å²) >= 11 is 0. The molecule has 0 radical (unpaired) electrons. The minimum Gasteiger partial charge on any atom is -0.428 e.